The molecule has 118 valence electrons. The van der Waals surface area contributed by atoms with E-state index in [0.717, 1.165) is 11.5 Å². The van der Waals surface area contributed by atoms with E-state index in [1.165, 1.54) is 5.56 Å². The molecule has 1 aromatic carbocycles. The van der Waals surface area contributed by atoms with Gasteiger partial charge in [-0.25, -0.2) is 4.98 Å². The zero-order valence-corrected chi connectivity index (χ0v) is 13.7. The zero-order valence-electron chi connectivity index (χ0n) is 13.7. The standard InChI is InChI=1S/C17H24N4O/c1-17(2,3)13-7-5-6-8-14(13)20-15-9-10-18-16(21-15)19-11-12-22-4/h5-10H,11-12H2,1-4H3,(H2,18,19,20,21). The van der Waals surface area contributed by atoms with Crippen LogP contribution in [0.5, 0.6) is 0 Å². The van der Waals surface area contributed by atoms with Crippen molar-refractivity contribution >= 4 is 17.5 Å². The number of rotatable bonds is 6. The van der Waals surface area contributed by atoms with Crippen molar-refractivity contribution in [1.29, 1.82) is 0 Å². The molecule has 5 nitrogen and oxygen atoms in total. The molecular formula is C17H24N4O. The van der Waals surface area contributed by atoms with E-state index in [-0.39, 0.29) is 5.41 Å². The number of nitrogens with one attached hydrogen (secondary N) is 2. The van der Waals surface area contributed by atoms with Gasteiger partial charge in [-0.2, -0.15) is 4.98 Å². The Bertz CT molecular complexity index is 608. The number of para-hydroxylation sites is 1. The van der Waals surface area contributed by atoms with E-state index in [1.807, 2.05) is 12.1 Å². The molecule has 5 heteroatoms. The van der Waals surface area contributed by atoms with E-state index >= 15 is 0 Å². The lowest BCUT2D eigenvalue weighted by Crippen LogP contribution is -2.14. The van der Waals surface area contributed by atoms with Crippen LogP contribution < -0.4 is 10.6 Å². The van der Waals surface area contributed by atoms with Gasteiger partial charge in [0.25, 0.3) is 0 Å². The van der Waals surface area contributed by atoms with Crippen LogP contribution in [0.15, 0.2) is 36.5 Å². The van der Waals surface area contributed by atoms with Gasteiger partial charge >= 0.3 is 0 Å². The molecule has 0 radical (unpaired) electrons. The Morgan fingerprint density at radius 3 is 2.64 bits per heavy atom. The molecule has 0 atom stereocenters. The highest BCUT2D eigenvalue weighted by molar-refractivity contribution is 5.62. The van der Waals surface area contributed by atoms with Crippen molar-refractivity contribution in [2.24, 2.45) is 0 Å². The Balaban J connectivity index is 2.16. The lowest BCUT2D eigenvalue weighted by Gasteiger charge is -2.23. The Hall–Kier alpha value is -2.14. The van der Waals surface area contributed by atoms with E-state index in [2.05, 4.69) is 59.6 Å². The summed E-state index contributed by atoms with van der Waals surface area (Å²) >= 11 is 0. The first-order valence-electron chi connectivity index (χ1n) is 7.43. The van der Waals surface area contributed by atoms with Gasteiger partial charge in [0.15, 0.2) is 0 Å². The molecule has 0 amide bonds. The number of benzene rings is 1. The molecule has 1 aromatic heterocycles. The molecule has 2 aromatic rings. The van der Waals surface area contributed by atoms with Crippen LogP contribution in [-0.2, 0) is 10.2 Å². The Kier molecular flexibility index (Phi) is 5.33. The number of hydrogen-bond donors (Lipinski definition) is 2. The summed E-state index contributed by atoms with van der Waals surface area (Å²) in [5.41, 5.74) is 2.38. The third-order valence-corrected chi connectivity index (χ3v) is 3.24. The molecular weight excluding hydrogens is 276 g/mol. The largest absolute Gasteiger partial charge is 0.383 e. The summed E-state index contributed by atoms with van der Waals surface area (Å²) in [7, 11) is 1.67. The summed E-state index contributed by atoms with van der Waals surface area (Å²) in [5, 5.41) is 6.52. The van der Waals surface area contributed by atoms with E-state index in [4.69, 9.17) is 4.74 Å². The highest BCUT2D eigenvalue weighted by atomic mass is 16.5. The molecule has 0 bridgehead atoms. The van der Waals surface area contributed by atoms with Gasteiger partial charge in [0.1, 0.15) is 5.82 Å². The third kappa shape index (κ3) is 4.43. The van der Waals surface area contributed by atoms with Gasteiger partial charge < -0.3 is 15.4 Å². The lowest BCUT2D eigenvalue weighted by atomic mass is 9.86. The predicted molar refractivity (Wildman–Crippen MR) is 90.8 cm³/mol. The number of methoxy groups -OCH3 is 1. The van der Waals surface area contributed by atoms with E-state index in [9.17, 15) is 0 Å². The number of ether oxygens (including phenoxy) is 1. The van der Waals surface area contributed by atoms with Crippen LogP contribution in [0.25, 0.3) is 0 Å². The van der Waals surface area contributed by atoms with Gasteiger partial charge in [-0.05, 0) is 23.1 Å². The molecule has 22 heavy (non-hydrogen) atoms. The number of nitrogens with zero attached hydrogens (tertiary/aromatic N) is 2. The van der Waals surface area contributed by atoms with E-state index in [0.29, 0.717) is 19.1 Å². The molecule has 0 unspecified atom stereocenters. The minimum Gasteiger partial charge on any atom is -0.383 e. The maximum absolute atomic E-state index is 5.01. The topological polar surface area (TPSA) is 59.1 Å². The summed E-state index contributed by atoms with van der Waals surface area (Å²) in [4.78, 5) is 8.68. The normalized spacial score (nSPS) is 11.3. The minimum absolute atomic E-state index is 0.0656. The highest BCUT2D eigenvalue weighted by Crippen LogP contribution is 2.30. The van der Waals surface area contributed by atoms with Gasteiger partial charge in [-0.1, -0.05) is 39.0 Å². The molecule has 0 aliphatic rings. The maximum Gasteiger partial charge on any atom is 0.224 e. The van der Waals surface area contributed by atoms with Crippen molar-refractivity contribution in [2.45, 2.75) is 26.2 Å². The van der Waals surface area contributed by atoms with Crippen molar-refractivity contribution in [3.8, 4) is 0 Å². The SMILES string of the molecule is COCCNc1nccc(Nc2ccccc2C(C)(C)C)n1. The molecule has 0 aliphatic carbocycles. The smallest absolute Gasteiger partial charge is 0.224 e. The van der Waals surface area contributed by atoms with Gasteiger partial charge in [0, 0.05) is 25.5 Å². The Morgan fingerprint density at radius 1 is 1.14 bits per heavy atom. The average molecular weight is 300 g/mol. The molecule has 0 saturated heterocycles. The minimum atomic E-state index is 0.0656. The highest BCUT2D eigenvalue weighted by Gasteiger charge is 2.17. The molecule has 0 fully saturated rings. The summed E-state index contributed by atoms with van der Waals surface area (Å²) in [5.74, 6) is 1.36. The third-order valence-electron chi connectivity index (χ3n) is 3.24. The van der Waals surface area contributed by atoms with Crippen LogP contribution in [-0.4, -0.2) is 30.2 Å². The predicted octanol–water partition coefficient (Wildman–Crippen LogP) is 3.58. The first-order valence-corrected chi connectivity index (χ1v) is 7.43. The van der Waals surface area contributed by atoms with Crippen molar-refractivity contribution in [1.82, 2.24) is 9.97 Å². The first kappa shape index (κ1) is 16.2. The quantitative estimate of drug-likeness (QED) is 0.799. The molecule has 0 spiro atoms. The summed E-state index contributed by atoms with van der Waals surface area (Å²) < 4.78 is 5.01. The van der Waals surface area contributed by atoms with Crippen molar-refractivity contribution < 1.29 is 4.74 Å². The molecule has 1 heterocycles. The van der Waals surface area contributed by atoms with Gasteiger partial charge in [-0.3, -0.25) is 0 Å². The van der Waals surface area contributed by atoms with Crippen LogP contribution in [0, 0.1) is 0 Å². The number of aromatic nitrogens is 2. The van der Waals surface area contributed by atoms with Crippen LogP contribution in [0.3, 0.4) is 0 Å². The number of hydrogen-bond acceptors (Lipinski definition) is 5. The van der Waals surface area contributed by atoms with E-state index < -0.39 is 0 Å². The molecule has 0 saturated carbocycles. The lowest BCUT2D eigenvalue weighted by molar-refractivity contribution is 0.210. The fourth-order valence-electron chi connectivity index (χ4n) is 2.16. The molecule has 2 N–H and O–H groups in total. The maximum atomic E-state index is 5.01. The Morgan fingerprint density at radius 2 is 1.91 bits per heavy atom. The van der Waals surface area contributed by atoms with E-state index in [1.54, 1.807) is 13.3 Å². The summed E-state index contributed by atoms with van der Waals surface area (Å²) in [6.07, 6.45) is 1.74. The fraction of sp³-hybridized carbons (Fsp3) is 0.412. The monoisotopic (exact) mass is 300 g/mol. The van der Waals surface area contributed by atoms with Gasteiger partial charge in [-0.15, -0.1) is 0 Å². The second-order valence-corrected chi connectivity index (χ2v) is 6.11. The summed E-state index contributed by atoms with van der Waals surface area (Å²) in [6, 6.07) is 10.2. The second kappa shape index (κ2) is 7.22. The van der Waals surface area contributed by atoms with Gasteiger partial charge in [0.05, 0.1) is 6.61 Å². The first-order chi connectivity index (χ1) is 10.5. The Labute approximate surface area is 132 Å². The van der Waals surface area contributed by atoms with Crippen LogP contribution in [0.4, 0.5) is 17.5 Å². The molecule has 0 aliphatic heterocycles. The van der Waals surface area contributed by atoms with Crippen LogP contribution >= 0.6 is 0 Å². The zero-order chi connectivity index (χ0) is 16.0. The van der Waals surface area contributed by atoms with Crippen molar-refractivity contribution in [3.63, 3.8) is 0 Å². The van der Waals surface area contributed by atoms with Crippen molar-refractivity contribution in [2.75, 3.05) is 30.9 Å². The second-order valence-electron chi connectivity index (χ2n) is 6.11. The van der Waals surface area contributed by atoms with Crippen molar-refractivity contribution in [3.05, 3.63) is 42.1 Å². The fourth-order valence-corrected chi connectivity index (χ4v) is 2.16. The average Bonchev–Trinajstić information content (AvgIpc) is 2.47. The van der Waals surface area contributed by atoms with Gasteiger partial charge in [0.2, 0.25) is 5.95 Å². The summed E-state index contributed by atoms with van der Waals surface area (Å²) in [6.45, 7) is 7.90. The van der Waals surface area contributed by atoms with Crippen LogP contribution in [0.2, 0.25) is 0 Å². The number of anilines is 3. The molecule has 2 rings (SSSR count). The van der Waals surface area contributed by atoms with Crippen LogP contribution in [0.1, 0.15) is 26.3 Å².